The third-order valence-electron chi connectivity index (χ3n) is 13.5. The van der Waals surface area contributed by atoms with E-state index in [0.29, 0.717) is 5.95 Å². The molecule has 0 aliphatic heterocycles. The fraction of sp³-hybridized carbons (Fsp3) is 0. The summed E-state index contributed by atoms with van der Waals surface area (Å²) >= 11 is 0. The van der Waals surface area contributed by atoms with E-state index in [1.165, 1.54) is 71.5 Å². The first kappa shape index (κ1) is 35.0. The molecule has 0 spiro atoms. The topological polar surface area (TPSA) is 35.6 Å². The predicted octanol–water partition coefficient (Wildman–Crippen LogP) is 15.6. The van der Waals surface area contributed by atoms with Gasteiger partial charge in [0.25, 0.3) is 0 Å². The Morgan fingerprint density at radius 3 is 1.64 bits per heavy atom. The summed E-state index contributed by atoms with van der Waals surface area (Å²) in [6, 6.07) is 79.0. The van der Waals surface area contributed by atoms with Crippen LogP contribution in [-0.2, 0) is 0 Å². The molecule has 0 fully saturated rings. The Balaban J connectivity index is 0.897. The Morgan fingerprint density at radius 2 is 0.828 bits per heavy atom. The molecule has 0 atom stereocenters. The summed E-state index contributed by atoms with van der Waals surface area (Å²) in [5, 5.41) is 8.45. The standard InChI is InChI=1S/C60H36N4/c1-2-13-41(14-3-1)63-54-23-10-7-17-45(54)47-31-29-40(36-57(47)63)39-30-34-56-52(35-39)46-18-8-11-24-55(46)64(56)60-61-53-22-9-6-19-51(53)59(62-60)38-27-25-37(26-28-38)42-32-33-50-44-16-5-4-15-43(44)49-21-12-20-48(42)58(49)50/h1-36H. The van der Waals surface area contributed by atoms with Gasteiger partial charge in [0.1, 0.15) is 0 Å². The van der Waals surface area contributed by atoms with Gasteiger partial charge < -0.3 is 4.57 Å². The Labute approximate surface area is 368 Å². The van der Waals surface area contributed by atoms with Crippen molar-refractivity contribution >= 4 is 65.3 Å². The van der Waals surface area contributed by atoms with Gasteiger partial charge in [-0.3, -0.25) is 4.57 Å². The third kappa shape index (κ3) is 5.05. The maximum Gasteiger partial charge on any atom is 0.235 e. The smallest absolute Gasteiger partial charge is 0.235 e. The number of hydrogen-bond acceptors (Lipinski definition) is 2. The van der Waals surface area contributed by atoms with Gasteiger partial charge in [-0.15, -0.1) is 0 Å². The monoisotopic (exact) mass is 812 g/mol. The van der Waals surface area contributed by atoms with Gasteiger partial charge in [-0.1, -0.05) is 170 Å². The predicted molar refractivity (Wildman–Crippen MR) is 266 cm³/mol. The molecule has 13 aromatic rings. The van der Waals surface area contributed by atoms with Crippen LogP contribution in [0.3, 0.4) is 0 Å². The van der Waals surface area contributed by atoms with Crippen molar-refractivity contribution in [2.75, 3.05) is 0 Å². The lowest BCUT2D eigenvalue weighted by Crippen LogP contribution is -2.03. The van der Waals surface area contributed by atoms with Crippen LogP contribution in [0.15, 0.2) is 218 Å². The molecule has 4 heteroatoms. The van der Waals surface area contributed by atoms with E-state index in [1.807, 2.05) is 0 Å². The molecule has 14 rings (SSSR count). The van der Waals surface area contributed by atoms with E-state index in [1.54, 1.807) is 0 Å². The van der Waals surface area contributed by atoms with E-state index in [-0.39, 0.29) is 0 Å². The van der Waals surface area contributed by atoms with E-state index in [9.17, 15) is 0 Å². The number of hydrogen-bond donors (Lipinski definition) is 0. The van der Waals surface area contributed by atoms with Gasteiger partial charge in [0, 0.05) is 38.2 Å². The molecule has 64 heavy (non-hydrogen) atoms. The number of nitrogens with zero attached hydrogens (tertiary/aromatic N) is 4. The number of aromatic nitrogens is 4. The van der Waals surface area contributed by atoms with E-state index < -0.39 is 0 Å². The minimum absolute atomic E-state index is 0.651. The fourth-order valence-electron chi connectivity index (χ4n) is 10.6. The highest BCUT2D eigenvalue weighted by molar-refractivity contribution is 6.19. The summed E-state index contributed by atoms with van der Waals surface area (Å²) in [5.41, 5.74) is 18.5. The maximum atomic E-state index is 5.44. The van der Waals surface area contributed by atoms with E-state index in [0.717, 1.165) is 55.2 Å². The SMILES string of the molecule is c1ccc(-n2c3ccccc3c3ccc(-c4ccc5c(c4)c4ccccc4n5-c4nc(-c5ccc(-c6ccc7c8c(cccc68)-c6ccccc6-7)cc5)c5ccccc5n4)cc32)cc1. The molecule has 3 aromatic heterocycles. The van der Waals surface area contributed by atoms with Gasteiger partial charge in [-0.05, 0) is 104 Å². The second kappa shape index (κ2) is 13.4. The molecular weight excluding hydrogens is 777 g/mol. The number of fused-ring (bicyclic) bond motifs is 10. The zero-order valence-corrected chi connectivity index (χ0v) is 34.6. The highest BCUT2D eigenvalue weighted by Crippen LogP contribution is 2.49. The molecule has 10 aromatic carbocycles. The minimum Gasteiger partial charge on any atom is -0.309 e. The van der Waals surface area contributed by atoms with Crippen molar-refractivity contribution in [2.45, 2.75) is 0 Å². The third-order valence-corrected chi connectivity index (χ3v) is 13.5. The van der Waals surface area contributed by atoms with E-state index in [4.69, 9.17) is 9.97 Å². The molecule has 0 amide bonds. The van der Waals surface area contributed by atoms with Gasteiger partial charge in [0.2, 0.25) is 5.95 Å². The average molecular weight is 813 g/mol. The molecule has 0 saturated carbocycles. The van der Waals surface area contributed by atoms with Gasteiger partial charge in [0.05, 0.1) is 33.3 Å². The second-order valence-corrected chi connectivity index (χ2v) is 16.9. The molecule has 3 heterocycles. The first-order valence-corrected chi connectivity index (χ1v) is 21.9. The molecule has 0 unspecified atom stereocenters. The van der Waals surface area contributed by atoms with E-state index in [2.05, 4.69) is 228 Å². The first-order valence-electron chi connectivity index (χ1n) is 21.9. The van der Waals surface area contributed by atoms with E-state index >= 15 is 0 Å². The zero-order valence-electron chi connectivity index (χ0n) is 34.6. The Kier molecular flexibility index (Phi) is 7.36. The van der Waals surface area contributed by atoms with Crippen molar-refractivity contribution < 1.29 is 0 Å². The van der Waals surface area contributed by atoms with Crippen LogP contribution in [0.1, 0.15) is 0 Å². The van der Waals surface area contributed by atoms with Gasteiger partial charge >= 0.3 is 0 Å². The van der Waals surface area contributed by atoms with Crippen molar-refractivity contribution in [1.82, 2.24) is 19.1 Å². The highest BCUT2D eigenvalue weighted by Gasteiger charge is 2.23. The maximum absolute atomic E-state index is 5.44. The molecule has 0 N–H and O–H groups in total. The summed E-state index contributed by atoms with van der Waals surface area (Å²) in [6.07, 6.45) is 0. The van der Waals surface area contributed by atoms with Crippen LogP contribution in [0.5, 0.6) is 0 Å². The minimum atomic E-state index is 0.651. The summed E-state index contributed by atoms with van der Waals surface area (Å²) in [7, 11) is 0. The molecule has 4 nitrogen and oxygen atoms in total. The fourth-order valence-corrected chi connectivity index (χ4v) is 10.6. The second-order valence-electron chi connectivity index (χ2n) is 16.9. The van der Waals surface area contributed by atoms with Crippen molar-refractivity contribution in [2.24, 2.45) is 0 Å². The Morgan fingerprint density at radius 1 is 0.281 bits per heavy atom. The molecule has 1 aliphatic carbocycles. The molecule has 1 aliphatic rings. The number of rotatable bonds is 5. The van der Waals surface area contributed by atoms with Crippen molar-refractivity contribution in [3.8, 4) is 67.4 Å². The van der Waals surface area contributed by atoms with Crippen LogP contribution in [0.4, 0.5) is 0 Å². The Hall–Kier alpha value is -8.60. The normalized spacial score (nSPS) is 12.1. The molecule has 296 valence electrons. The lowest BCUT2D eigenvalue weighted by Gasteiger charge is -2.13. The van der Waals surface area contributed by atoms with Crippen LogP contribution >= 0.6 is 0 Å². The number of para-hydroxylation sites is 4. The quantitative estimate of drug-likeness (QED) is 0.174. The van der Waals surface area contributed by atoms with Gasteiger partial charge in [-0.2, -0.15) is 0 Å². The molecular formula is C60H36N4. The highest BCUT2D eigenvalue weighted by atomic mass is 15.2. The zero-order chi connectivity index (χ0) is 41.9. The van der Waals surface area contributed by atoms with Crippen LogP contribution in [0.25, 0.3) is 133 Å². The summed E-state index contributed by atoms with van der Waals surface area (Å²) in [5.74, 6) is 0.651. The van der Waals surface area contributed by atoms with Crippen molar-refractivity contribution in [1.29, 1.82) is 0 Å². The van der Waals surface area contributed by atoms with Crippen molar-refractivity contribution in [3.63, 3.8) is 0 Å². The van der Waals surface area contributed by atoms with Crippen LogP contribution in [0.2, 0.25) is 0 Å². The molecule has 0 saturated heterocycles. The summed E-state index contributed by atoms with van der Waals surface area (Å²) in [4.78, 5) is 10.7. The first-order chi connectivity index (χ1) is 31.7. The molecule has 0 radical (unpaired) electrons. The van der Waals surface area contributed by atoms with Crippen LogP contribution in [-0.4, -0.2) is 19.1 Å². The largest absolute Gasteiger partial charge is 0.309 e. The summed E-state index contributed by atoms with van der Waals surface area (Å²) in [6.45, 7) is 0. The number of benzene rings is 10. The summed E-state index contributed by atoms with van der Waals surface area (Å²) < 4.78 is 4.62. The lowest BCUT2D eigenvalue weighted by atomic mass is 9.93. The van der Waals surface area contributed by atoms with Gasteiger partial charge in [0.15, 0.2) is 0 Å². The van der Waals surface area contributed by atoms with Crippen LogP contribution in [0, 0.1) is 0 Å². The average Bonchev–Trinajstić information content (AvgIpc) is 4.00. The van der Waals surface area contributed by atoms with Crippen molar-refractivity contribution in [3.05, 3.63) is 218 Å². The Bertz CT molecular complexity index is 4030. The lowest BCUT2D eigenvalue weighted by molar-refractivity contribution is 1.01. The van der Waals surface area contributed by atoms with Gasteiger partial charge in [-0.25, -0.2) is 9.97 Å². The molecule has 0 bridgehead atoms. The van der Waals surface area contributed by atoms with Crippen LogP contribution < -0.4 is 0 Å².